The average molecular weight is 391 g/mol. The molecular formula is C18H21N3O5S. The Morgan fingerprint density at radius 3 is 2.52 bits per heavy atom. The molecule has 27 heavy (non-hydrogen) atoms. The van der Waals surface area contributed by atoms with Gasteiger partial charge in [0.2, 0.25) is 5.91 Å². The van der Waals surface area contributed by atoms with Crippen molar-refractivity contribution in [3.05, 3.63) is 42.1 Å². The van der Waals surface area contributed by atoms with Gasteiger partial charge in [-0.25, -0.2) is 8.42 Å². The third kappa shape index (κ3) is 4.36. The highest BCUT2D eigenvalue weighted by Gasteiger charge is 2.33. The summed E-state index contributed by atoms with van der Waals surface area (Å²) in [5, 5.41) is 5.56. The van der Waals surface area contributed by atoms with Crippen LogP contribution in [-0.2, 0) is 14.6 Å². The standard InChI is InChI=1S/C18H21N3O5S/c1-19-17(22)12-27(24,25)14-7-9-21(10-8-14)18(23)15-11-16(26-20-15)13-5-3-2-4-6-13/h2-6,11,14H,7-10,12H2,1H3,(H,19,22). The van der Waals surface area contributed by atoms with Crippen LogP contribution in [0.4, 0.5) is 0 Å². The van der Waals surface area contributed by atoms with Gasteiger partial charge in [-0.3, -0.25) is 9.59 Å². The molecule has 0 radical (unpaired) electrons. The highest BCUT2D eigenvalue weighted by molar-refractivity contribution is 7.92. The monoisotopic (exact) mass is 391 g/mol. The van der Waals surface area contributed by atoms with E-state index >= 15 is 0 Å². The number of likely N-dealkylation sites (tertiary alicyclic amines) is 1. The van der Waals surface area contributed by atoms with E-state index in [1.54, 1.807) is 11.0 Å². The zero-order valence-electron chi connectivity index (χ0n) is 14.9. The summed E-state index contributed by atoms with van der Waals surface area (Å²) in [6, 6.07) is 10.9. The zero-order valence-corrected chi connectivity index (χ0v) is 15.7. The molecule has 0 saturated carbocycles. The van der Waals surface area contributed by atoms with E-state index in [0.717, 1.165) is 5.56 Å². The van der Waals surface area contributed by atoms with Gasteiger partial charge >= 0.3 is 0 Å². The summed E-state index contributed by atoms with van der Waals surface area (Å²) in [6.45, 7) is 0.591. The van der Waals surface area contributed by atoms with Gasteiger partial charge in [-0.1, -0.05) is 35.5 Å². The Labute approximate surface area is 157 Å². The molecule has 0 aliphatic carbocycles. The Kier molecular flexibility index (Phi) is 5.59. The van der Waals surface area contributed by atoms with Crippen molar-refractivity contribution in [2.45, 2.75) is 18.1 Å². The second-order valence-electron chi connectivity index (χ2n) is 6.41. The number of nitrogens with one attached hydrogen (secondary N) is 1. The molecule has 1 aliphatic heterocycles. The van der Waals surface area contributed by atoms with E-state index in [2.05, 4.69) is 10.5 Å². The van der Waals surface area contributed by atoms with Gasteiger partial charge < -0.3 is 14.7 Å². The summed E-state index contributed by atoms with van der Waals surface area (Å²) in [7, 11) is -2.12. The Balaban J connectivity index is 1.62. The van der Waals surface area contributed by atoms with Crippen molar-refractivity contribution in [1.82, 2.24) is 15.4 Å². The molecule has 1 N–H and O–H groups in total. The molecule has 1 aliphatic rings. The van der Waals surface area contributed by atoms with Crippen LogP contribution >= 0.6 is 0 Å². The van der Waals surface area contributed by atoms with Crippen molar-refractivity contribution in [2.75, 3.05) is 25.9 Å². The van der Waals surface area contributed by atoms with E-state index in [4.69, 9.17) is 4.52 Å². The first-order valence-corrected chi connectivity index (χ1v) is 10.4. The maximum atomic E-state index is 12.6. The number of carbonyl (C=O) groups excluding carboxylic acids is 2. The first-order valence-electron chi connectivity index (χ1n) is 8.64. The number of aromatic nitrogens is 1. The molecule has 9 heteroatoms. The lowest BCUT2D eigenvalue weighted by atomic mass is 10.1. The zero-order chi connectivity index (χ0) is 19.4. The van der Waals surface area contributed by atoms with E-state index < -0.39 is 26.7 Å². The number of hydrogen-bond donors (Lipinski definition) is 1. The number of benzene rings is 1. The van der Waals surface area contributed by atoms with E-state index in [1.807, 2.05) is 30.3 Å². The number of carbonyl (C=O) groups is 2. The summed E-state index contributed by atoms with van der Waals surface area (Å²) >= 11 is 0. The minimum absolute atomic E-state index is 0.195. The predicted octanol–water partition coefficient (Wildman–Crippen LogP) is 1.11. The van der Waals surface area contributed by atoms with Gasteiger partial charge in [-0.2, -0.15) is 0 Å². The van der Waals surface area contributed by atoms with Crippen LogP contribution < -0.4 is 5.32 Å². The molecule has 1 aromatic carbocycles. The Morgan fingerprint density at radius 2 is 1.89 bits per heavy atom. The minimum Gasteiger partial charge on any atom is -0.358 e. The predicted molar refractivity (Wildman–Crippen MR) is 98.7 cm³/mol. The van der Waals surface area contributed by atoms with Gasteiger partial charge in [0.05, 0.1) is 5.25 Å². The van der Waals surface area contributed by atoms with Crippen molar-refractivity contribution < 1.29 is 22.5 Å². The topological polar surface area (TPSA) is 110 Å². The molecule has 2 aromatic rings. The number of nitrogens with zero attached hydrogens (tertiary/aromatic N) is 2. The average Bonchev–Trinajstić information content (AvgIpc) is 3.18. The molecular weight excluding hydrogens is 370 g/mol. The second-order valence-corrected chi connectivity index (χ2v) is 8.70. The van der Waals surface area contributed by atoms with Crippen LogP contribution in [0.5, 0.6) is 0 Å². The molecule has 1 saturated heterocycles. The molecule has 2 heterocycles. The third-order valence-corrected chi connectivity index (χ3v) is 6.79. The van der Waals surface area contributed by atoms with Gasteiger partial charge in [0.25, 0.3) is 5.91 Å². The maximum absolute atomic E-state index is 12.6. The lowest BCUT2D eigenvalue weighted by Crippen LogP contribution is -2.44. The highest BCUT2D eigenvalue weighted by atomic mass is 32.2. The van der Waals surface area contributed by atoms with Gasteiger partial charge in [-0.05, 0) is 12.8 Å². The Bertz CT molecular complexity index is 915. The maximum Gasteiger partial charge on any atom is 0.276 e. The van der Waals surface area contributed by atoms with Gasteiger partial charge in [-0.15, -0.1) is 0 Å². The van der Waals surface area contributed by atoms with Crippen LogP contribution in [0.2, 0.25) is 0 Å². The quantitative estimate of drug-likeness (QED) is 0.818. The van der Waals surface area contributed by atoms with E-state index in [9.17, 15) is 18.0 Å². The van der Waals surface area contributed by atoms with Crippen molar-refractivity contribution in [3.8, 4) is 11.3 Å². The Morgan fingerprint density at radius 1 is 1.22 bits per heavy atom. The van der Waals surface area contributed by atoms with Crippen molar-refractivity contribution >= 4 is 21.7 Å². The summed E-state index contributed by atoms with van der Waals surface area (Å²) < 4.78 is 29.8. The van der Waals surface area contributed by atoms with Gasteiger partial charge in [0.1, 0.15) is 5.75 Å². The van der Waals surface area contributed by atoms with Crippen LogP contribution in [0.25, 0.3) is 11.3 Å². The summed E-state index contributed by atoms with van der Waals surface area (Å²) in [4.78, 5) is 25.6. The number of piperidine rings is 1. The summed E-state index contributed by atoms with van der Waals surface area (Å²) in [6.07, 6.45) is 0.600. The number of amides is 2. The largest absolute Gasteiger partial charge is 0.358 e. The SMILES string of the molecule is CNC(=O)CS(=O)(=O)C1CCN(C(=O)c2cc(-c3ccccc3)on2)CC1. The molecule has 0 spiro atoms. The van der Waals surface area contributed by atoms with Crippen LogP contribution in [0, 0.1) is 0 Å². The van der Waals surface area contributed by atoms with Crippen molar-refractivity contribution in [2.24, 2.45) is 0 Å². The van der Waals surface area contributed by atoms with Crippen LogP contribution in [-0.4, -0.2) is 61.4 Å². The van der Waals surface area contributed by atoms with Crippen LogP contribution in [0.1, 0.15) is 23.3 Å². The molecule has 3 rings (SSSR count). The first-order chi connectivity index (χ1) is 12.9. The molecule has 0 bridgehead atoms. The molecule has 1 fully saturated rings. The smallest absolute Gasteiger partial charge is 0.276 e. The fourth-order valence-electron chi connectivity index (χ4n) is 3.07. The molecule has 8 nitrogen and oxygen atoms in total. The van der Waals surface area contributed by atoms with Crippen molar-refractivity contribution in [1.29, 1.82) is 0 Å². The summed E-state index contributed by atoms with van der Waals surface area (Å²) in [5.74, 6) is -0.833. The lowest BCUT2D eigenvalue weighted by molar-refractivity contribution is -0.118. The molecule has 2 amide bonds. The fraction of sp³-hybridized carbons (Fsp3) is 0.389. The Hall–Kier alpha value is -2.68. The second kappa shape index (κ2) is 7.91. The van der Waals surface area contributed by atoms with E-state index in [-0.39, 0.29) is 11.6 Å². The molecule has 0 unspecified atom stereocenters. The van der Waals surface area contributed by atoms with Crippen LogP contribution in [0.3, 0.4) is 0 Å². The van der Waals surface area contributed by atoms with Gasteiger partial charge in [0.15, 0.2) is 21.3 Å². The summed E-state index contributed by atoms with van der Waals surface area (Å²) in [5.41, 5.74) is 1.02. The van der Waals surface area contributed by atoms with E-state index in [0.29, 0.717) is 31.7 Å². The first kappa shape index (κ1) is 19.1. The minimum atomic E-state index is -3.52. The number of hydrogen-bond acceptors (Lipinski definition) is 6. The molecule has 1 aromatic heterocycles. The number of rotatable bonds is 5. The van der Waals surface area contributed by atoms with E-state index in [1.165, 1.54) is 7.05 Å². The molecule has 144 valence electrons. The fourth-order valence-corrected chi connectivity index (χ4v) is 4.74. The molecule has 0 atom stereocenters. The van der Waals surface area contributed by atoms with Crippen molar-refractivity contribution in [3.63, 3.8) is 0 Å². The normalized spacial score (nSPS) is 15.5. The third-order valence-electron chi connectivity index (χ3n) is 4.64. The highest BCUT2D eigenvalue weighted by Crippen LogP contribution is 2.23. The number of sulfone groups is 1. The lowest BCUT2D eigenvalue weighted by Gasteiger charge is -2.31. The van der Waals surface area contributed by atoms with Gasteiger partial charge in [0, 0.05) is 31.8 Å². The van der Waals surface area contributed by atoms with Crippen LogP contribution in [0.15, 0.2) is 40.9 Å².